The van der Waals surface area contributed by atoms with E-state index in [1.165, 1.54) is 49.9 Å². The lowest BCUT2D eigenvalue weighted by atomic mass is 9.88. The molecule has 2 heterocycles. The molecule has 4 rings (SSSR count). The van der Waals surface area contributed by atoms with Crippen LogP contribution in [0.5, 0.6) is 0 Å². The van der Waals surface area contributed by atoms with Gasteiger partial charge in [0.2, 0.25) is 5.91 Å². The fraction of sp³-hybridized carbons (Fsp3) is 0.571. The molecule has 2 unspecified atom stereocenters. The van der Waals surface area contributed by atoms with E-state index in [1.807, 2.05) is 25.2 Å². The van der Waals surface area contributed by atoms with E-state index in [0.717, 1.165) is 22.4 Å². The number of rotatable bonds is 4. The number of amides is 1. The third-order valence-corrected chi connectivity index (χ3v) is 7.40. The molecule has 0 radical (unpaired) electrons. The summed E-state index contributed by atoms with van der Waals surface area (Å²) in [7, 11) is 2.02. The van der Waals surface area contributed by atoms with Crippen molar-refractivity contribution in [2.24, 2.45) is 0 Å². The van der Waals surface area contributed by atoms with Crippen molar-refractivity contribution in [3.8, 4) is 0 Å². The first-order valence-corrected chi connectivity index (χ1v) is 11.0. The maximum Gasteiger partial charge on any atom is 0.227 e. The van der Waals surface area contributed by atoms with Crippen LogP contribution in [-0.2, 0) is 11.2 Å². The highest BCUT2D eigenvalue weighted by atomic mass is 35.5. The van der Waals surface area contributed by atoms with Crippen molar-refractivity contribution < 1.29 is 4.79 Å². The summed E-state index contributed by atoms with van der Waals surface area (Å²) in [4.78, 5) is 17.8. The molecule has 27 heavy (non-hydrogen) atoms. The first-order chi connectivity index (χ1) is 12.6. The first-order valence-electron chi connectivity index (χ1n) is 9.79. The normalized spacial score (nSPS) is 23.3. The summed E-state index contributed by atoms with van der Waals surface area (Å²) in [5.41, 5.74) is 1.11. The Labute approximate surface area is 177 Å². The molecule has 2 fully saturated rings. The number of halogens is 2. The van der Waals surface area contributed by atoms with Crippen molar-refractivity contribution in [2.75, 3.05) is 20.1 Å². The van der Waals surface area contributed by atoms with Gasteiger partial charge in [0.25, 0.3) is 0 Å². The van der Waals surface area contributed by atoms with Crippen LogP contribution >= 0.6 is 35.3 Å². The zero-order valence-electron chi connectivity index (χ0n) is 15.8. The second-order valence-electron chi connectivity index (χ2n) is 7.75. The number of likely N-dealkylation sites (tertiary alicyclic amines) is 1. The van der Waals surface area contributed by atoms with Gasteiger partial charge in [-0.15, -0.1) is 23.7 Å². The average molecular weight is 427 g/mol. The van der Waals surface area contributed by atoms with Crippen LogP contribution in [0.2, 0.25) is 5.02 Å². The molecule has 148 valence electrons. The van der Waals surface area contributed by atoms with Crippen LogP contribution in [0.3, 0.4) is 0 Å². The maximum atomic E-state index is 13.1. The number of carbonyl (C=O) groups excluding carboxylic acids is 1. The van der Waals surface area contributed by atoms with Crippen LogP contribution in [0.25, 0.3) is 10.1 Å². The molecule has 0 bridgehead atoms. The lowest BCUT2D eigenvalue weighted by molar-refractivity contribution is -0.133. The van der Waals surface area contributed by atoms with Crippen molar-refractivity contribution in [1.82, 2.24) is 9.80 Å². The number of nitrogens with zero attached hydrogens (tertiary/aromatic N) is 2. The van der Waals surface area contributed by atoms with Crippen molar-refractivity contribution in [2.45, 2.75) is 57.0 Å². The minimum absolute atomic E-state index is 0. The van der Waals surface area contributed by atoms with Gasteiger partial charge in [0.15, 0.2) is 0 Å². The molecular formula is C21H28Cl2N2OS. The summed E-state index contributed by atoms with van der Waals surface area (Å²) < 4.78 is 1.20. The Bertz CT molecular complexity index is 788. The molecule has 1 aliphatic carbocycles. The van der Waals surface area contributed by atoms with Gasteiger partial charge in [-0.05, 0) is 73.3 Å². The minimum Gasteiger partial charge on any atom is -0.341 e. The van der Waals surface area contributed by atoms with Crippen molar-refractivity contribution in [3.05, 3.63) is 34.2 Å². The maximum absolute atomic E-state index is 13.1. The monoisotopic (exact) mass is 426 g/mol. The summed E-state index contributed by atoms with van der Waals surface area (Å²) in [5.74, 6) is 0.237. The second kappa shape index (κ2) is 9.13. The van der Waals surface area contributed by atoms with Gasteiger partial charge in [-0.2, -0.15) is 0 Å². The standard InChI is InChI=1S/C21H27ClN2OS.ClH/c1-23(18-6-2-3-7-19(18)24-10-4-5-11-24)21(25)12-15-14-26-20-9-8-16(22)13-17(15)20;/h8-9,13-14,18-19H,2-7,10-12H2,1H3;1H. The molecule has 2 aromatic rings. The molecule has 1 aromatic heterocycles. The predicted molar refractivity (Wildman–Crippen MR) is 117 cm³/mol. The van der Waals surface area contributed by atoms with Crippen molar-refractivity contribution in [3.63, 3.8) is 0 Å². The van der Waals surface area contributed by atoms with Gasteiger partial charge in [0.05, 0.1) is 6.42 Å². The molecule has 0 spiro atoms. The lowest BCUT2D eigenvalue weighted by Gasteiger charge is -2.42. The third-order valence-electron chi connectivity index (χ3n) is 6.15. The fourth-order valence-electron chi connectivity index (χ4n) is 4.71. The van der Waals surface area contributed by atoms with E-state index in [4.69, 9.17) is 11.6 Å². The Kier molecular flexibility index (Phi) is 7.07. The average Bonchev–Trinajstić information content (AvgIpc) is 3.31. The van der Waals surface area contributed by atoms with Gasteiger partial charge in [-0.3, -0.25) is 9.69 Å². The van der Waals surface area contributed by atoms with E-state index in [1.54, 1.807) is 11.3 Å². The third kappa shape index (κ3) is 4.45. The van der Waals surface area contributed by atoms with Crippen LogP contribution in [0.1, 0.15) is 44.1 Å². The summed E-state index contributed by atoms with van der Waals surface area (Å²) in [6.07, 6.45) is 8.00. The molecule has 2 atom stereocenters. The van der Waals surface area contributed by atoms with Gasteiger partial charge < -0.3 is 4.90 Å². The van der Waals surface area contributed by atoms with E-state index >= 15 is 0 Å². The summed E-state index contributed by atoms with van der Waals surface area (Å²) in [6.45, 7) is 2.41. The van der Waals surface area contributed by atoms with E-state index in [0.29, 0.717) is 18.5 Å². The zero-order chi connectivity index (χ0) is 18.1. The molecule has 3 nitrogen and oxygen atoms in total. The fourth-order valence-corrected chi connectivity index (χ4v) is 5.82. The van der Waals surface area contributed by atoms with Crippen molar-refractivity contribution >= 4 is 51.3 Å². The Morgan fingerprint density at radius 3 is 2.74 bits per heavy atom. The first kappa shape index (κ1) is 20.9. The topological polar surface area (TPSA) is 23.6 Å². The Morgan fingerprint density at radius 1 is 1.22 bits per heavy atom. The van der Waals surface area contributed by atoms with Gasteiger partial charge in [-0.1, -0.05) is 24.4 Å². The SMILES string of the molecule is CN(C(=O)Cc1csc2ccc(Cl)cc12)C1CCCCC1N1CCCC1.Cl. The van der Waals surface area contributed by atoms with E-state index < -0.39 is 0 Å². The Balaban J connectivity index is 0.00000210. The predicted octanol–water partition coefficient (Wildman–Crippen LogP) is 5.38. The Hall–Kier alpha value is -0.810. The van der Waals surface area contributed by atoms with Crippen LogP contribution in [0.15, 0.2) is 23.6 Å². The molecule has 6 heteroatoms. The number of hydrogen-bond donors (Lipinski definition) is 0. The number of likely N-dealkylation sites (N-methyl/N-ethyl adjacent to an activating group) is 1. The quantitative estimate of drug-likeness (QED) is 0.654. The number of carbonyl (C=O) groups is 1. The number of hydrogen-bond acceptors (Lipinski definition) is 3. The van der Waals surface area contributed by atoms with Gasteiger partial charge in [-0.25, -0.2) is 0 Å². The van der Waals surface area contributed by atoms with Crippen LogP contribution in [0.4, 0.5) is 0 Å². The highest BCUT2D eigenvalue weighted by Crippen LogP contribution is 2.31. The number of benzene rings is 1. The van der Waals surface area contributed by atoms with Crippen LogP contribution < -0.4 is 0 Å². The summed E-state index contributed by atoms with van der Waals surface area (Å²) in [6, 6.07) is 6.87. The molecule has 1 saturated heterocycles. The molecule has 0 N–H and O–H groups in total. The minimum atomic E-state index is 0. The Morgan fingerprint density at radius 2 is 1.96 bits per heavy atom. The van der Waals surface area contributed by atoms with Crippen molar-refractivity contribution in [1.29, 1.82) is 0 Å². The van der Waals surface area contributed by atoms with Gasteiger partial charge in [0, 0.05) is 28.9 Å². The highest BCUT2D eigenvalue weighted by Gasteiger charge is 2.35. The van der Waals surface area contributed by atoms with Crippen LogP contribution in [0, 0.1) is 0 Å². The molecule has 1 aliphatic heterocycles. The van der Waals surface area contributed by atoms with Crippen LogP contribution in [-0.4, -0.2) is 47.9 Å². The molecule has 2 aliphatic rings. The van der Waals surface area contributed by atoms with Gasteiger partial charge in [0.1, 0.15) is 0 Å². The van der Waals surface area contributed by atoms with E-state index in [2.05, 4.69) is 15.2 Å². The van der Waals surface area contributed by atoms with E-state index in [9.17, 15) is 4.79 Å². The largest absolute Gasteiger partial charge is 0.341 e. The number of thiophene rings is 1. The summed E-state index contributed by atoms with van der Waals surface area (Å²) in [5, 5.41) is 3.98. The highest BCUT2D eigenvalue weighted by molar-refractivity contribution is 7.17. The lowest BCUT2D eigenvalue weighted by Crippen LogP contribution is -2.53. The molecular weight excluding hydrogens is 399 g/mol. The smallest absolute Gasteiger partial charge is 0.227 e. The zero-order valence-corrected chi connectivity index (χ0v) is 18.2. The molecule has 1 amide bonds. The summed E-state index contributed by atoms with van der Waals surface area (Å²) >= 11 is 7.86. The molecule has 1 saturated carbocycles. The van der Waals surface area contributed by atoms with E-state index in [-0.39, 0.29) is 18.3 Å². The molecule has 1 aromatic carbocycles. The number of fused-ring (bicyclic) bond motifs is 1. The second-order valence-corrected chi connectivity index (χ2v) is 9.09. The van der Waals surface area contributed by atoms with Gasteiger partial charge >= 0.3 is 0 Å².